The van der Waals surface area contributed by atoms with Crippen molar-refractivity contribution >= 4 is 29.1 Å². The van der Waals surface area contributed by atoms with Crippen LogP contribution in [0.4, 0.5) is 4.79 Å². The van der Waals surface area contributed by atoms with Crippen LogP contribution in [-0.4, -0.2) is 29.7 Å². The summed E-state index contributed by atoms with van der Waals surface area (Å²) >= 11 is 0. The summed E-state index contributed by atoms with van der Waals surface area (Å²) in [4.78, 5) is 34.6. The van der Waals surface area contributed by atoms with Crippen molar-refractivity contribution in [3.63, 3.8) is 0 Å². The van der Waals surface area contributed by atoms with E-state index in [0.717, 1.165) is 10.6 Å². The van der Waals surface area contributed by atoms with Crippen LogP contribution in [0.5, 0.6) is 0 Å². The molecule has 1 fully saturated rings. The molecule has 3 amide bonds. The molecule has 106 valence electrons. The Morgan fingerprint density at radius 1 is 1.33 bits per heavy atom. The number of benzene rings is 1. The van der Waals surface area contributed by atoms with E-state index in [2.05, 4.69) is 10.4 Å². The number of carbonyl (C=O) groups excluding carboxylic acids is 2. The fourth-order valence-electron chi connectivity index (χ4n) is 2.01. The Labute approximate surface area is 118 Å². The van der Waals surface area contributed by atoms with Gasteiger partial charge in [0.2, 0.25) is 11.3 Å². The molecule has 0 spiro atoms. The van der Waals surface area contributed by atoms with E-state index in [4.69, 9.17) is 4.42 Å². The Morgan fingerprint density at radius 2 is 2.14 bits per heavy atom. The summed E-state index contributed by atoms with van der Waals surface area (Å²) in [5.74, 6) is -0.432. The Kier molecular flexibility index (Phi) is 3.02. The number of amides is 3. The summed E-state index contributed by atoms with van der Waals surface area (Å²) in [6, 6.07) is 4.68. The third kappa shape index (κ3) is 2.40. The van der Waals surface area contributed by atoms with E-state index in [1.165, 1.54) is 12.5 Å². The van der Waals surface area contributed by atoms with Crippen LogP contribution in [0.2, 0.25) is 0 Å². The minimum Gasteiger partial charge on any atom is -0.463 e. The van der Waals surface area contributed by atoms with Crippen molar-refractivity contribution in [2.24, 2.45) is 5.10 Å². The van der Waals surface area contributed by atoms with E-state index in [1.807, 2.05) is 13.0 Å². The monoisotopic (exact) mass is 285 g/mol. The highest BCUT2D eigenvalue weighted by atomic mass is 16.3. The molecule has 1 N–H and O–H groups in total. The van der Waals surface area contributed by atoms with E-state index >= 15 is 0 Å². The second-order valence-corrected chi connectivity index (χ2v) is 4.68. The molecule has 1 aromatic carbocycles. The molecule has 2 aromatic rings. The molecule has 7 nitrogen and oxygen atoms in total. The standard InChI is InChI=1S/C14H11N3O4/c1-8-2-3-11-10(4-8)13(19)9(7-21-11)5-15-17-6-12(18)16-14(17)20/h2-5,7H,6H2,1H3,(H,16,18,20). The lowest BCUT2D eigenvalue weighted by Crippen LogP contribution is -2.24. The Morgan fingerprint density at radius 3 is 2.86 bits per heavy atom. The van der Waals surface area contributed by atoms with Crippen LogP contribution in [0.25, 0.3) is 11.0 Å². The highest BCUT2D eigenvalue weighted by Gasteiger charge is 2.26. The summed E-state index contributed by atoms with van der Waals surface area (Å²) in [6.07, 6.45) is 2.49. The van der Waals surface area contributed by atoms with Gasteiger partial charge in [0, 0.05) is 0 Å². The number of hydrazone groups is 1. The van der Waals surface area contributed by atoms with Crippen molar-refractivity contribution in [2.75, 3.05) is 6.54 Å². The third-order valence-electron chi connectivity index (χ3n) is 3.07. The molecule has 3 rings (SSSR count). The van der Waals surface area contributed by atoms with Gasteiger partial charge >= 0.3 is 6.03 Å². The van der Waals surface area contributed by atoms with Crippen molar-refractivity contribution in [1.29, 1.82) is 0 Å². The second-order valence-electron chi connectivity index (χ2n) is 4.68. The number of hydrogen-bond donors (Lipinski definition) is 1. The van der Waals surface area contributed by atoms with Gasteiger partial charge in [-0.15, -0.1) is 0 Å². The first-order chi connectivity index (χ1) is 10.0. The van der Waals surface area contributed by atoms with Crippen molar-refractivity contribution in [1.82, 2.24) is 10.3 Å². The molecule has 0 saturated carbocycles. The van der Waals surface area contributed by atoms with Crippen molar-refractivity contribution < 1.29 is 14.0 Å². The molecule has 0 aliphatic carbocycles. The lowest BCUT2D eigenvalue weighted by atomic mass is 10.1. The molecule has 0 bridgehead atoms. The zero-order valence-electron chi connectivity index (χ0n) is 11.1. The highest BCUT2D eigenvalue weighted by molar-refractivity contribution is 6.02. The Hall–Kier alpha value is -2.96. The van der Waals surface area contributed by atoms with Crippen LogP contribution >= 0.6 is 0 Å². The molecular weight excluding hydrogens is 274 g/mol. The van der Waals surface area contributed by atoms with E-state index in [1.54, 1.807) is 12.1 Å². The van der Waals surface area contributed by atoms with Crippen LogP contribution in [0, 0.1) is 6.92 Å². The van der Waals surface area contributed by atoms with E-state index in [9.17, 15) is 14.4 Å². The van der Waals surface area contributed by atoms with Gasteiger partial charge in [-0.25, -0.2) is 9.80 Å². The second kappa shape index (κ2) is 4.86. The van der Waals surface area contributed by atoms with Crippen molar-refractivity contribution in [3.05, 3.63) is 45.8 Å². The summed E-state index contributed by atoms with van der Waals surface area (Å²) < 4.78 is 5.36. The quantitative estimate of drug-likeness (QED) is 0.657. The normalized spacial score (nSPS) is 15.2. The minimum atomic E-state index is -0.614. The average molecular weight is 285 g/mol. The van der Waals surface area contributed by atoms with Crippen molar-refractivity contribution in [3.8, 4) is 0 Å². The number of imide groups is 1. The van der Waals surface area contributed by atoms with Crippen LogP contribution in [0.1, 0.15) is 11.1 Å². The fraction of sp³-hybridized carbons (Fsp3) is 0.143. The number of aryl methyl sites for hydroxylation is 1. The number of urea groups is 1. The summed E-state index contributed by atoms with van der Waals surface area (Å²) in [7, 11) is 0. The molecule has 2 heterocycles. The number of hydrogen-bond acceptors (Lipinski definition) is 5. The zero-order valence-corrected chi connectivity index (χ0v) is 11.1. The Bertz CT molecular complexity index is 838. The first kappa shape index (κ1) is 13.0. The number of carbonyl (C=O) groups is 2. The largest absolute Gasteiger partial charge is 0.463 e. The van der Waals surface area contributed by atoms with Gasteiger partial charge in [-0.3, -0.25) is 14.9 Å². The molecule has 1 aliphatic heterocycles. The molecular formula is C14H11N3O4. The van der Waals surface area contributed by atoms with E-state index in [-0.39, 0.29) is 17.5 Å². The molecule has 1 aromatic heterocycles. The molecule has 0 unspecified atom stereocenters. The number of nitrogens with zero attached hydrogens (tertiary/aromatic N) is 2. The predicted octanol–water partition coefficient (Wildman–Crippen LogP) is 0.987. The summed E-state index contributed by atoms with van der Waals surface area (Å²) in [6.45, 7) is 1.72. The highest BCUT2D eigenvalue weighted by Crippen LogP contribution is 2.12. The Balaban J connectivity index is 1.98. The maximum Gasteiger partial charge on any atom is 0.344 e. The predicted molar refractivity (Wildman–Crippen MR) is 75.1 cm³/mol. The SMILES string of the molecule is Cc1ccc2occ(C=NN3CC(=O)NC3=O)c(=O)c2c1. The molecule has 7 heteroatoms. The summed E-state index contributed by atoms with van der Waals surface area (Å²) in [5, 5.41) is 7.31. The van der Waals surface area contributed by atoms with Gasteiger partial charge < -0.3 is 4.42 Å². The van der Waals surface area contributed by atoms with Crippen LogP contribution in [0.15, 0.2) is 38.8 Å². The smallest absolute Gasteiger partial charge is 0.344 e. The van der Waals surface area contributed by atoms with Gasteiger partial charge in [-0.2, -0.15) is 5.10 Å². The fourth-order valence-corrected chi connectivity index (χ4v) is 2.01. The van der Waals surface area contributed by atoms with E-state index in [0.29, 0.717) is 11.0 Å². The summed E-state index contributed by atoms with van der Waals surface area (Å²) in [5.41, 5.74) is 1.39. The first-order valence-corrected chi connectivity index (χ1v) is 6.22. The minimum absolute atomic E-state index is 0.159. The first-order valence-electron chi connectivity index (χ1n) is 6.22. The number of fused-ring (bicyclic) bond motifs is 1. The number of nitrogens with one attached hydrogen (secondary N) is 1. The third-order valence-corrected chi connectivity index (χ3v) is 3.07. The van der Waals surface area contributed by atoms with Gasteiger partial charge in [0.15, 0.2) is 0 Å². The molecule has 0 radical (unpaired) electrons. The zero-order chi connectivity index (χ0) is 15.0. The molecule has 0 atom stereocenters. The molecule has 1 saturated heterocycles. The maximum absolute atomic E-state index is 12.3. The number of rotatable bonds is 2. The van der Waals surface area contributed by atoms with Crippen molar-refractivity contribution in [2.45, 2.75) is 6.92 Å². The van der Waals surface area contributed by atoms with Gasteiger partial charge in [0.1, 0.15) is 18.4 Å². The lowest BCUT2D eigenvalue weighted by Gasteiger charge is -2.04. The molecule has 21 heavy (non-hydrogen) atoms. The van der Waals surface area contributed by atoms with Gasteiger partial charge in [0.05, 0.1) is 17.2 Å². The van der Waals surface area contributed by atoms with E-state index < -0.39 is 11.9 Å². The van der Waals surface area contributed by atoms with Gasteiger partial charge in [0.25, 0.3) is 0 Å². The van der Waals surface area contributed by atoms with Crippen LogP contribution in [-0.2, 0) is 4.79 Å². The lowest BCUT2D eigenvalue weighted by molar-refractivity contribution is -0.118. The maximum atomic E-state index is 12.3. The molecule has 1 aliphatic rings. The van der Waals surface area contributed by atoms with Crippen LogP contribution < -0.4 is 10.7 Å². The van der Waals surface area contributed by atoms with Crippen LogP contribution in [0.3, 0.4) is 0 Å². The average Bonchev–Trinajstić information content (AvgIpc) is 2.77. The van der Waals surface area contributed by atoms with Gasteiger partial charge in [-0.1, -0.05) is 11.6 Å². The van der Waals surface area contributed by atoms with Gasteiger partial charge in [-0.05, 0) is 19.1 Å². The topological polar surface area (TPSA) is 92.0 Å².